The Balaban J connectivity index is 1.92. The lowest BCUT2D eigenvalue weighted by Gasteiger charge is -2.11. The van der Waals surface area contributed by atoms with E-state index in [0.717, 1.165) is 29.6 Å². The van der Waals surface area contributed by atoms with Gasteiger partial charge in [0, 0.05) is 17.6 Å². The molecule has 0 aliphatic carbocycles. The lowest BCUT2D eigenvalue weighted by molar-refractivity contribution is -0.142. The molecule has 4 nitrogen and oxygen atoms in total. The molecule has 0 spiro atoms. The van der Waals surface area contributed by atoms with Gasteiger partial charge in [0.05, 0.1) is 12.6 Å². The summed E-state index contributed by atoms with van der Waals surface area (Å²) >= 11 is 0. The monoisotopic (exact) mass is 349 g/mol. The molecule has 0 radical (unpaired) electrons. The quantitative estimate of drug-likeness (QED) is 0.472. The van der Waals surface area contributed by atoms with Crippen LogP contribution in [0, 0.1) is 6.92 Å². The molecule has 0 aliphatic heterocycles. The molecule has 2 aromatic carbocycles. The summed E-state index contributed by atoms with van der Waals surface area (Å²) in [4.78, 5) is 11.4. The Morgan fingerprint density at radius 1 is 1.15 bits per heavy atom. The van der Waals surface area contributed by atoms with Crippen molar-refractivity contribution in [3.8, 4) is 5.75 Å². The molecule has 134 valence electrons. The van der Waals surface area contributed by atoms with E-state index < -0.39 is 5.97 Å². The zero-order chi connectivity index (χ0) is 18.5. The van der Waals surface area contributed by atoms with Crippen molar-refractivity contribution in [2.24, 2.45) is 0 Å². The molecular formula is C22H23NO3. The van der Waals surface area contributed by atoms with Crippen molar-refractivity contribution in [2.75, 3.05) is 13.7 Å². The number of hydrogen-bond donors (Lipinski definition) is 0. The van der Waals surface area contributed by atoms with Gasteiger partial charge in [-0.15, -0.1) is 6.58 Å². The number of carbonyl (C=O) groups excluding carboxylic acids is 1. The van der Waals surface area contributed by atoms with Crippen LogP contribution in [-0.2, 0) is 22.5 Å². The Kier molecular flexibility index (Phi) is 5.42. The highest BCUT2D eigenvalue weighted by Crippen LogP contribution is 2.29. The Bertz CT molecular complexity index is 940. The average Bonchev–Trinajstić information content (AvgIpc) is 2.96. The van der Waals surface area contributed by atoms with E-state index in [1.54, 1.807) is 0 Å². The highest BCUT2D eigenvalue weighted by atomic mass is 16.6. The molecule has 3 aromatic rings. The number of methoxy groups -OCH3 is 1. The fourth-order valence-electron chi connectivity index (χ4n) is 3.13. The van der Waals surface area contributed by atoms with E-state index in [1.165, 1.54) is 18.2 Å². The van der Waals surface area contributed by atoms with E-state index in [-0.39, 0.29) is 6.61 Å². The zero-order valence-corrected chi connectivity index (χ0v) is 15.2. The molecule has 3 rings (SSSR count). The average molecular weight is 349 g/mol. The minimum Gasteiger partial charge on any atom is -0.481 e. The van der Waals surface area contributed by atoms with Crippen LogP contribution in [-0.4, -0.2) is 24.3 Å². The third-order valence-corrected chi connectivity index (χ3v) is 4.40. The summed E-state index contributed by atoms with van der Waals surface area (Å²) in [5.41, 5.74) is 4.72. The van der Waals surface area contributed by atoms with Gasteiger partial charge in [-0.3, -0.25) is 0 Å². The van der Waals surface area contributed by atoms with E-state index in [4.69, 9.17) is 4.74 Å². The van der Waals surface area contributed by atoms with E-state index in [0.29, 0.717) is 5.75 Å². The van der Waals surface area contributed by atoms with Gasteiger partial charge in [0.2, 0.25) is 0 Å². The summed E-state index contributed by atoms with van der Waals surface area (Å²) in [6.45, 7) is 6.58. The van der Waals surface area contributed by atoms with Gasteiger partial charge in [-0.25, -0.2) is 4.79 Å². The predicted molar refractivity (Wildman–Crippen MR) is 104 cm³/mol. The maximum atomic E-state index is 11.4. The number of ether oxygens (including phenoxy) is 2. The summed E-state index contributed by atoms with van der Waals surface area (Å²) in [6, 6.07) is 16.5. The molecule has 0 saturated carbocycles. The topological polar surface area (TPSA) is 40.5 Å². The second-order valence-corrected chi connectivity index (χ2v) is 6.24. The highest BCUT2D eigenvalue weighted by Gasteiger charge is 2.12. The third-order valence-electron chi connectivity index (χ3n) is 4.40. The zero-order valence-electron chi connectivity index (χ0n) is 15.2. The number of rotatable bonds is 7. The van der Waals surface area contributed by atoms with Crippen molar-refractivity contribution in [1.29, 1.82) is 0 Å². The van der Waals surface area contributed by atoms with Crippen LogP contribution >= 0.6 is 0 Å². The molecule has 0 unspecified atom stereocenters. The minimum absolute atomic E-state index is 0.0938. The number of carbonyl (C=O) groups is 1. The first-order valence-electron chi connectivity index (χ1n) is 8.59. The number of nitrogens with zero attached hydrogens (tertiary/aromatic N) is 1. The standard InChI is InChI=1S/C22H23NO3/c1-4-7-17-8-5-9-18(13-17)14-23-16(2)12-19-20(23)10-6-11-21(19)26-15-22(24)25-3/h4-6,8-13H,1,7,14-15H2,2-3H3. The van der Waals surface area contributed by atoms with Crippen molar-refractivity contribution >= 4 is 16.9 Å². The molecule has 0 aliphatic rings. The number of benzene rings is 2. The van der Waals surface area contributed by atoms with Gasteiger partial charge >= 0.3 is 5.97 Å². The predicted octanol–water partition coefficient (Wildman–Crippen LogP) is 4.28. The molecule has 1 heterocycles. The number of allylic oxidation sites excluding steroid dienone is 1. The molecule has 0 N–H and O–H groups in total. The SMILES string of the molecule is C=CCc1cccc(Cn2c(C)cc3c(OCC(=O)OC)cccc32)c1. The van der Waals surface area contributed by atoms with Gasteiger partial charge in [-0.2, -0.15) is 0 Å². The summed E-state index contributed by atoms with van der Waals surface area (Å²) in [6.07, 6.45) is 2.78. The Labute approximate surface area is 153 Å². The van der Waals surface area contributed by atoms with Crippen LogP contribution in [0.1, 0.15) is 16.8 Å². The smallest absolute Gasteiger partial charge is 0.343 e. The Morgan fingerprint density at radius 3 is 2.69 bits per heavy atom. The number of esters is 1. The van der Waals surface area contributed by atoms with Crippen LogP contribution in [0.15, 0.2) is 61.2 Å². The van der Waals surface area contributed by atoms with Gasteiger partial charge in [0.1, 0.15) is 5.75 Å². The summed E-state index contributed by atoms with van der Waals surface area (Å²) in [7, 11) is 1.35. The molecule has 0 amide bonds. The summed E-state index contributed by atoms with van der Waals surface area (Å²) in [5, 5.41) is 0.996. The van der Waals surface area contributed by atoms with Crippen molar-refractivity contribution in [2.45, 2.75) is 19.9 Å². The molecule has 0 bridgehead atoms. The second-order valence-electron chi connectivity index (χ2n) is 6.24. The van der Waals surface area contributed by atoms with Crippen LogP contribution in [0.2, 0.25) is 0 Å². The fourth-order valence-corrected chi connectivity index (χ4v) is 3.13. The van der Waals surface area contributed by atoms with Crippen LogP contribution in [0.3, 0.4) is 0 Å². The van der Waals surface area contributed by atoms with Crippen LogP contribution in [0.4, 0.5) is 0 Å². The van der Waals surface area contributed by atoms with E-state index in [9.17, 15) is 4.79 Å². The minimum atomic E-state index is -0.391. The first-order valence-corrected chi connectivity index (χ1v) is 8.59. The molecule has 1 aromatic heterocycles. The van der Waals surface area contributed by atoms with Crippen LogP contribution < -0.4 is 4.74 Å². The largest absolute Gasteiger partial charge is 0.481 e. The maximum absolute atomic E-state index is 11.4. The lowest BCUT2D eigenvalue weighted by Crippen LogP contribution is -2.12. The Morgan fingerprint density at radius 2 is 1.92 bits per heavy atom. The molecule has 0 atom stereocenters. The third kappa shape index (κ3) is 3.80. The Hall–Kier alpha value is -3.01. The molecule has 26 heavy (non-hydrogen) atoms. The van der Waals surface area contributed by atoms with Gasteiger partial charge in [0.15, 0.2) is 6.61 Å². The second kappa shape index (κ2) is 7.91. The fraction of sp³-hybridized carbons (Fsp3) is 0.227. The molecule has 4 heteroatoms. The van der Waals surface area contributed by atoms with Gasteiger partial charge in [0.25, 0.3) is 0 Å². The van der Waals surface area contributed by atoms with Gasteiger partial charge < -0.3 is 14.0 Å². The van der Waals surface area contributed by atoms with Crippen molar-refractivity contribution in [1.82, 2.24) is 4.57 Å². The first kappa shape index (κ1) is 17.8. The molecule has 0 saturated heterocycles. The van der Waals surface area contributed by atoms with E-state index in [1.807, 2.05) is 18.2 Å². The maximum Gasteiger partial charge on any atom is 0.343 e. The van der Waals surface area contributed by atoms with Crippen molar-refractivity contribution in [3.05, 3.63) is 78.0 Å². The summed E-state index contributed by atoms with van der Waals surface area (Å²) < 4.78 is 12.5. The lowest BCUT2D eigenvalue weighted by atomic mass is 10.1. The number of hydrogen-bond acceptors (Lipinski definition) is 3. The van der Waals surface area contributed by atoms with Crippen molar-refractivity contribution in [3.63, 3.8) is 0 Å². The number of aryl methyl sites for hydroxylation is 1. The van der Waals surface area contributed by atoms with E-state index >= 15 is 0 Å². The normalized spacial score (nSPS) is 10.7. The van der Waals surface area contributed by atoms with Gasteiger partial charge in [-0.05, 0) is 42.7 Å². The van der Waals surface area contributed by atoms with Gasteiger partial charge in [-0.1, -0.05) is 36.4 Å². The number of fused-ring (bicyclic) bond motifs is 1. The summed E-state index contributed by atoms with van der Waals surface area (Å²) in [5.74, 6) is 0.298. The van der Waals surface area contributed by atoms with E-state index in [2.05, 4.69) is 59.2 Å². The van der Waals surface area contributed by atoms with Crippen LogP contribution in [0.25, 0.3) is 10.9 Å². The first-order chi connectivity index (χ1) is 12.6. The van der Waals surface area contributed by atoms with Crippen molar-refractivity contribution < 1.29 is 14.3 Å². The number of aromatic nitrogens is 1. The highest BCUT2D eigenvalue weighted by molar-refractivity contribution is 5.88. The molecule has 0 fully saturated rings. The van der Waals surface area contributed by atoms with Crippen LogP contribution in [0.5, 0.6) is 5.75 Å². The molecular weight excluding hydrogens is 326 g/mol.